The van der Waals surface area contributed by atoms with Crippen LogP contribution in [0, 0.1) is 19.8 Å². The van der Waals surface area contributed by atoms with Crippen LogP contribution in [-0.2, 0) is 11.3 Å². The van der Waals surface area contributed by atoms with Gasteiger partial charge in [0.05, 0.1) is 42.6 Å². The Bertz CT molecular complexity index is 1400. The lowest BCUT2D eigenvalue weighted by atomic mass is 9.97. The predicted molar refractivity (Wildman–Crippen MR) is 142 cm³/mol. The highest BCUT2D eigenvalue weighted by Crippen LogP contribution is 2.32. The number of aryl methyl sites for hydroxylation is 2. The van der Waals surface area contributed by atoms with Crippen molar-refractivity contribution < 1.29 is 14.3 Å². The van der Waals surface area contributed by atoms with Gasteiger partial charge in [-0.1, -0.05) is 12.1 Å². The largest absolute Gasteiger partial charge is 0.497 e. The molecular weight excluding hydrogens is 468 g/mol. The summed E-state index contributed by atoms with van der Waals surface area (Å²) in [7, 11) is 3.29. The fourth-order valence-electron chi connectivity index (χ4n) is 4.96. The van der Waals surface area contributed by atoms with Crippen molar-refractivity contribution in [2.75, 3.05) is 32.2 Å². The summed E-state index contributed by atoms with van der Waals surface area (Å²) < 4.78 is 12.4. The molecule has 192 valence electrons. The Hall–Kier alpha value is -4.14. The van der Waals surface area contributed by atoms with Crippen LogP contribution in [-0.4, -0.2) is 53.2 Å². The summed E-state index contributed by atoms with van der Waals surface area (Å²) in [5, 5.41) is 18.1. The molecule has 1 N–H and O–H groups in total. The van der Waals surface area contributed by atoms with Gasteiger partial charge < -0.3 is 19.7 Å². The maximum atomic E-state index is 13.1. The Morgan fingerprint density at radius 3 is 2.35 bits per heavy atom. The number of aromatic nitrogens is 4. The Kier molecular flexibility index (Phi) is 6.94. The molecule has 0 saturated carbocycles. The van der Waals surface area contributed by atoms with Crippen molar-refractivity contribution in [2.24, 2.45) is 5.92 Å². The van der Waals surface area contributed by atoms with E-state index in [0.717, 1.165) is 70.2 Å². The van der Waals surface area contributed by atoms with Crippen LogP contribution in [0.4, 0.5) is 5.82 Å². The number of amides is 1. The number of rotatable bonds is 7. The molecule has 0 bridgehead atoms. The van der Waals surface area contributed by atoms with E-state index in [4.69, 9.17) is 14.6 Å². The second-order valence-electron chi connectivity index (χ2n) is 9.38. The van der Waals surface area contributed by atoms with Crippen molar-refractivity contribution >= 4 is 22.6 Å². The Morgan fingerprint density at radius 2 is 1.68 bits per heavy atom. The van der Waals surface area contributed by atoms with Crippen molar-refractivity contribution in [1.82, 2.24) is 25.3 Å². The number of hydrogen-bond donors (Lipinski definition) is 1. The zero-order valence-electron chi connectivity index (χ0n) is 21.7. The second-order valence-corrected chi connectivity index (χ2v) is 9.38. The summed E-state index contributed by atoms with van der Waals surface area (Å²) in [6.45, 7) is 5.88. The third kappa shape index (κ3) is 4.94. The first kappa shape index (κ1) is 24.5. The highest BCUT2D eigenvalue weighted by atomic mass is 16.5. The summed E-state index contributed by atoms with van der Waals surface area (Å²) in [5.41, 5.74) is 4.61. The van der Waals surface area contributed by atoms with Crippen LogP contribution < -0.4 is 19.7 Å². The monoisotopic (exact) mass is 500 g/mol. The van der Waals surface area contributed by atoms with E-state index in [1.54, 1.807) is 14.2 Å². The summed E-state index contributed by atoms with van der Waals surface area (Å²) in [6, 6.07) is 15.5. The minimum atomic E-state index is -0.130. The summed E-state index contributed by atoms with van der Waals surface area (Å²) in [5.74, 6) is 2.24. The molecule has 1 amide bonds. The van der Waals surface area contributed by atoms with Gasteiger partial charge in [0.1, 0.15) is 17.0 Å². The Balaban J connectivity index is 1.36. The number of ether oxygens (including phenoxy) is 2. The maximum absolute atomic E-state index is 13.1. The molecule has 2 aromatic heterocycles. The average Bonchev–Trinajstić information content (AvgIpc) is 3.30. The number of piperidine rings is 1. The van der Waals surface area contributed by atoms with Gasteiger partial charge in [-0.15, -0.1) is 5.10 Å². The molecule has 1 atom stereocenters. The van der Waals surface area contributed by atoms with Gasteiger partial charge in [-0.3, -0.25) is 4.79 Å². The van der Waals surface area contributed by atoms with E-state index in [2.05, 4.69) is 20.4 Å². The van der Waals surface area contributed by atoms with Gasteiger partial charge in [-0.05, 0) is 68.7 Å². The molecule has 0 spiro atoms. The van der Waals surface area contributed by atoms with Gasteiger partial charge in [-0.2, -0.15) is 10.2 Å². The van der Waals surface area contributed by atoms with Crippen molar-refractivity contribution in [3.8, 4) is 17.2 Å². The topological polar surface area (TPSA) is 94.4 Å². The summed E-state index contributed by atoms with van der Waals surface area (Å²) >= 11 is 0. The van der Waals surface area contributed by atoms with E-state index in [1.807, 2.05) is 67.1 Å². The molecule has 1 aliphatic rings. The molecule has 9 nitrogen and oxygen atoms in total. The molecule has 0 radical (unpaired) electrons. The minimum absolute atomic E-state index is 0.0526. The van der Waals surface area contributed by atoms with E-state index in [0.29, 0.717) is 13.1 Å². The number of fused-ring (bicyclic) bond motifs is 1. The zero-order chi connectivity index (χ0) is 25.9. The van der Waals surface area contributed by atoms with E-state index in [9.17, 15) is 4.79 Å². The third-order valence-electron chi connectivity index (χ3n) is 7.02. The highest BCUT2D eigenvalue weighted by molar-refractivity contribution is 5.92. The van der Waals surface area contributed by atoms with E-state index in [-0.39, 0.29) is 11.8 Å². The summed E-state index contributed by atoms with van der Waals surface area (Å²) in [6.07, 6.45) is 1.74. The molecule has 1 aliphatic heterocycles. The smallest absolute Gasteiger partial charge is 0.225 e. The molecule has 5 rings (SSSR count). The second kappa shape index (κ2) is 10.5. The number of nitrogens with zero attached hydrogens (tertiary/aromatic N) is 5. The van der Waals surface area contributed by atoms with Gasteiger partial charge >= 0.3 is 0 Å². The van der Waals surface area contributed by atoms with Crippen LogP contribution in [0.15, 0.2) is 48.5 Å². The zero-order valence-corrected chi connectivity index (χ0v) is 21.7. The normalized spacial score (nSPS) is 15.6. The van der Waals surface area contributed by atoms with Gasteiger partial charge in [0.15, 0.2) is 5.82 Å². The van der Waals surface area contributed by atoms with Gasteiger partial charge in [-0.25, -0.2) is 4.68 Å². The molecular formula is C28H32N6O3. The average molecular weight is 501 g/mol. The van der Waals surface area contributed by atoms with E-state index < -0.39 is 0 Å². The molecule has 1 saturated heterocycles. The van der Waals surface area contributed by atoms with Gasteiger partial charge in [0, 0.05) is 19.6 Å². The number of carbonyl (C=O) groups excluding carboxylic acids is 1. The summed E-state index contributed by atoms with van der Waals surface area (Å²) in [4.78, 5) is 15.2. The van der Waals surface area contributed by atoms with Crippen LogP contribution in [0.1, 0.15) is 29.8 Å². The molecule has 9 heteroatoms. The third-order valence-corrected chi connectivity index (χ3v) is 7.02. The van der Waals surface area contributed by atoms with Crippen LogP contribution in [0.5, 0.6) is 11.5 Å². The first-order chi connectivity index (χ1) is 18.0. The SMILES string of the molecule is COc1ccc(CNC(=O)C2CCCN(c3nnc(C)c4c(C)n(-c5ccc(OC)cc5)nc34)C2)cc1. The van der Waals surface area contributed by atoms with E-state index >= 15 is 0 Å². The number of methoxy groups -OCH3 is 2. The highest BCUT2D eigenvalue weighted by Gasteiger charge is 2.29. The number of nitrogens with one attached hydrogen (secondary N) is 1. The quantitative estimate of drug-likeness (QED) is 0.410. The molecule has 3 heterocycles. The first-order valence-electron chi connectivity index (χ1n) is 12.5. The van der Waals surface area contributed by atoms with Crippen molar-refractivity contribution in [1.29, 1.82) is 0 Å². The standard InChI is InChI=1S/C28H32N6O3/c1-18-25-19(2)34(22-9-13-24(37-4)14-10-22)32-26(25)27(31-30-18)33-15-5-6-21(17-33)28(35)29-16-20-7-11-23(36-3)12-8-20/h7-14,21H,5-6,15-17H2,1-4H3,(H,29,35). The molecule has 2 aromatic carbocycles. The fourth-order valence-corrected chi connectivity index (χ4v) is 4.96. The molecule has 1 fully saturated rings. The number of hydrogen-bond acceptors (Lipinski definition) is 7. The van der Waals surface area contributed by atoms with Crippen molar-refractivity contribution in [3.05, 3.63) is 65.5 Å². The number of benzene rings is 2. The van der Waals surface area contributed by atoms with Crippen LogP contribution >= 0.6 is 0 Å². The lowest BCUT2D eigenvalue weighted by Gasteiger charge is -2.32. The number of carbonyl (C=O) groups is 1. The molecule has 4 aromatic rings. The van der Waals surface area contributed by atoms with Crippen LogP contribution in [0.3, 0.4) is 0 Å². The van der Waals surface area contributed by atoms with Crippen molar-refractivity contribution in [2.45, 2.75) is 33.2 Å². The van der Waals surface area contributed by atoms with E-state index in [1.165, 1.54) is 0 Å². The van der Waals surface area contributed by atoms with Crippen LogP contribution in [0.2, 0.25) is 0 Å². The Labute approximate surface area is 216 Å². The van der Waals surface area contributed by atoms with Gasteiger partial charge in [0.2, 0.25) is 5.91 Å². The first-order valence-corrected chi connectivity index (χ1v) is 12.5. The molecule has 0 aliphatic carbocycles. The molecule has 37 heavy (non-hydrogen) atoms. The minimum Gasteiger partial charge on any atom is -0.497 e. The predicted octanol–water partition coefficient (Wildman–Crippen LogP) is 3.98. The Morgan fingerprint density at radius 1 is 1.00 bits per heavy atom. The van der Waals surface area contributed by atoms with Crippen LogP contribution in [0.25, 0.3) is 16.6 Å². The maximum Gasteiger partial charge on any atom is 0.225 e. The van der Waals surface area contributed by atoms with Gasteiger partial charge in [0.25, 0.3) is 0 Å². The number of anilines is 1. The fraction of sp³-hybridized carbons (Fsp3) is 0.357. The van der Waals surface area contributed by atoms with Crippen molar-refractivity contribution in [3.63, 3.8) is 0 Å². The lowest BCUT2D eigenvalue weighted by Crippen LogP contribution is -2.43. The lowest BCUT2D eigenvalue weighted by molar-refractivity contribution is -0.125. The molecule has 1 unspecified atom stereocenters.